The molecule has 1 saturated heterocycles. The van der Waals surface area contributed by atoms with E-state index in [2.05, 4.69) is 22.4 Å². The highest BCUT2D eigenvalue weighted by molar-refractivity contribution is 5.93. The summed E-state index contributed by atoms with van der Waals surface area (Å²) >= 11 is 0. The summed E-state index contributed by atoms with van der Waals surface area (Å²) < 4.78 is 8.09. The second-order valence-corrected chi connectivity index (χ2v) is 9.17. The minimum Gasteiger partial charge on any atom is -0.365 e. The van der Waals surface area contributed by atoms with Gasteiger partial charge >= 0.3 is 0 Å². The van der Waals surface area contributed by atoms with E-state index in [9.17, 15) is 9.59 Å². The van der Waals surface area contributed by atoms with Crippen LogP contribution in [-0.2, 0) is 29.2 Å². The zero-order valence-corrected chi connectivity index (χ0v) is 19.4. The number of benzene rings is 2. The molecule has 1 fully saturated rings. The third-order valence-corrected chi connectivity index (χ3v) is 6.84. The van der Waals surface area contributed by atoms with Gasteiger partial charge in [0.05, 0.1) is 25.2 Å². The van der Waals surface area contributed by atoms with Crippen LogP contribution in [0.5, 0.6) is 0 Å². The number of amides is 2. The number of rotatable bonds is 5. The Labute approximate surface area is 199 Å². The highest BCUT2D eigenvalue weighted by Gasteiger charge is 2.32. The first-order valence-electron chi connectivity index (χ1n) is 11.9. The smallest absolute Gasteiger partial charge is 0.274 e. The van der Waals surface area contributed by atoms with Gasteiger partial charge in [-0.15, -0.1) is 0 Å². The van der Waals surface area contributed by atoms with Gasteiger partial charge in [0.15, 0.2) is 5.69 Å². The number of aryl methyl sites for hydroxylation is 1. The van der Waals surface area contributed by atoms with E-state index >= 15 is 0 Å². The predicted molar refractivity (Wildman–Crippen MR) is 128 cm³/mol. The third-order valence-electron chi connectivity index (χ3n) is 6.84. The average molecular weight is 459 g/mol. The first-order chi connectivity index (χ1) is 16.6. The Bertz CT molecular complexity index is 1150. The number of imidazole rings is 1. The molecule has 0 unspecified atom stereocenters. The van der Waals surface area contributed by atoms with E-state index in [-0.39, 0.29) is 23.8 Å². The molecule has 7 nitrogen and oxygen atoms in total. The molecule has 3 heterocycles. The Kier molecular flexibility index (Phi) is 6.45. The molecule has 1 atom stereocenters. The molecule has 0 radical (unpaired) electrons. The number of hydrogen-bond acceptors (Lipinski definition) is 4. The van der Waals surface area contributed by atoms with Crippen molar-refractivity contribution in [3.05, 3.63) is 89.0 Å². The van der Waals surface area contributed by atoms with Gasteiger partial charge in [-0.3, -0.25) is 9.59 Å². The first-order valence-corrected chi connectivity index (χ1v) is 11.9. The van der Waals surface area contributed by atoms with Crippen molar-refractivity contribution >= 4 is 11.8 Å². The van der Waals surface area contributed by atoms with E-state index in [1.54, 1.807) is 6.33 Å². The summed E-state index contributed by atoms with van der Waals surface area (Å²) in [6, 6.07) is 18.3. The Balaban J connectivity index is 1.15. The number of nitrogens with zero attached hydrogens (tertiary/aromatic N) is 3. The van der Waals surface area contributed by atoms with Gasteiger partial charge in [-0.25, -0.2) is 4.98 Å². The molecule has 0 bridgehead atoms. The van der Waals surface area contributed by atoms with Crippen LogP contribution >= 0.6 is 0 Å². The van der Waals surface area contributed by atoms with Gasteiger partial charge in [-0.05, 0) is 30.9 Å². The molecule has 0 saturated carbocycles. The maximum absolute atomic E-state index is 13.2. The highest BCUT2D eigenvalue weighted by atomic mass is 16.5. The number of ether oxygens (including phenoxy) is 1. The fraction of sp³-hybridized carbons (Fsp3) is 0.370. The van der Waals surface area contributed by atoms with Crippen molar-refractivity contribution in [1.82, 2.24) is 19.8 Å². The summed E-state index contributed by atoms with van der Waals surface area (Å²) in [5.41, 5.74) is 4.71. The maximum atomic E-state index is 13.2. The first kappa shape index (κ1) is 22.3. The van der Waals surface area contributed by atoms with Crippen LogP contribution in [0, 0.1) is 12.8 Å². The fourth-order valence-corrected chi connectivity index (χ4v) is 4.71. The van der Waals surface area contributed by atoms with Gasteiger partial charge < -0.3 is 19.5 Å². The van der Waals surface area contributed by atoms with Gasteiger partial charge in [0.25, 0.3) is 5.91 Å². The molecule has 1 N–H and O–H groups in total. The molecular formula is C27H30N4O3. The van der Waals surface area contributed by atoms with E-state index < -0.39 is 0 Å². The van der Waals surface area contributed by atoms with Crippen molar-refractivity contribution < 1.29 is 14.3 Å². The van der Waals surface area contributed by atoms with Crippen LogP contribution in [-0.4, -0.2) is 39.4 Å². The molecular weight excluding hydrogens is 428 g/mol. The molecule has 0 aliphatic carbocycles. The molecule has 5 rings (SSSR count). The normalized spacial score (nSPS) is 18.4. The molecule has 2 aliphatic heterocycles. The number of carbonyl (C=O) groups is 2. The molecule has 34 heavy (non-hydrogen) atoms. The van der Waals surface area contributed by atoms with Gasteiger partial charge in [0, 0.05) is 25.6 Å². The van der Waals surface area contributed by atoms with Crippen molar-refractivity contribution in [3.8, 4) is 0 Å². The Morgan fingerprint density at radius 1 is 1.06 bits per heavy atom. The number of aromatic nitrogens is 2. The fourth-order valence-electron chi connectivity index (χ4n) is 4.71. The molecule has 176 valence electrons. The SMILES string of the molecule is Cc1ccc(CNC(=O)C2CCN(C(=O)c3ncn4c3CO[C@H](c3ccccc3)C4)CC2)cc1. The van der Waals surface area contributed by atoms with Crippen LogP contribution in [0.3, 0.4) is 0 Å². The molecule has 2 aliphatic rings. The zero-order valence-electron chi connectivity index (χ0n) is 19.4. The predicted octanol–water partition coefficient (Wildman–Crippen LogP) is 3.63. The van der Waals surface area contributed by atoms with E-state index in [1.807, 2.05) is 58.9 Å². The lowest BCUT2D eigenvalue weighted by Gasteiger charge is -2.31. The molecule has 2 aromatic carbocycles. The van der Waals surface area contributed by atoms with E-state index in [0.717, 1.165) is 16.8 Å². The van der Waals surface area contributed by atoms with Crippen molar-refractivity contribution in [2.24, 2.45) is 5.92 Å². The molecule has 7 heteroatoms. The maximum Gasteiger partial charge on any atom is 0.274 e. The van der Waals surface area contributed by atoms with Gasteiger partial charge in [0.2, 0.25) is 5.91 Å². The molecule has 3 aromatic rings. The van der Waals surface area contributed by atoms with Gasteiger partial charge in [-0.1, -0.05) is 60.2 Å². The Morgan fingerprint density at radius 2 is 1.79 bits per heavy atom. The van der Waals surface area contributed by atoms with Crippen LogP contribution in [0.4, 0.5) is 0 Å². The summed E-state index contributed by atoms with van der Waals surface area (Å²) in [7, 11) is 0. The second-order valence-electron chi connectivity index (χ2n) is 9.17. The number of fused-ring (bicyclic) bond motifs is 1. The summed E-state index contributed by atoms with van der Waals surface area (Å²) in [6.07, 6.45) is 3.02. The molecule has 0 spiro atoms. The lowest BCUT2D eigenvalue weighted by molar-refractivity contribution is -0.126. The minimum atomic E-state index is -0.0750. The standard InChI is InChI=1S/C27H30N4O3/c1-19-7-9-20(10-8-19)15-28-26(32)22-11-13-30(14-12-22)27(33)25-23-17-34-24(16-31(23)18-29-25)21-5-3-2-4-6-21/h2-10,18,22,24H,11-17H2,1H3,(H,28,32)/t24-/m0/s1. The lowest BCUT2D eigenvalue weighted by Crippen LogP contribution is -2.43. The lowest BCUT2D eigenvalue weighted by atomic mass is 9.95. The molecule has 1 aromatic heterocycles. The number of likely N-dealkylation sites (tertiary alicyclic amines) is 1. The molecule has 2 amide bonds. The van der Waals surface area contributed by atoms with E-state index in [1.165, 1.54) is 5.56 Å². The topological polar surface area (TPSA) is 76.5 Å². The number of hydrogen-bond donors (Lipinski definition) is 1. The Hall–Kier alpha value is -3.45. The number of carbonyl (C=O) groups excluding carboxylic acids is 2. The van der Waals surface area contributed by atoms with Crippen LogP contribution in [0.2, 0.25) is 0 Å². The number of piperidine rings is 1. The summed E-state index contributed by atoms with van der Waals surface area (Å²) in [4.78, 5) is 32.1. The zero-order chi connectivity index (χ0) is 23.5. The van der Waals surface area contributed by atoms with Crippen LogP contribution < -0.4 is 5.32 Å². The van der Waals surface area contributed by atoms with E-state index in [4.69, 9.17) is 4.74 Å². The van der Waals surface area contributed by atoms with Crippen molar-refractivity contribution in [2.45, 2.75) is 45.6 Å². The largest absolute Gasteiger partial charge is 0.365 e. The minimum absolute atomic E-state index is 0.0416. The average Bonchev–Trinajstić information content (AvgIpc) is 3.32. The van der Waals surface area contributed by atoms with Gasteiger partial charge in [0.1, 0.15) is 6.10 Å². The van der Waals surface area contributed by atoms with Gasteiger partial charge in [-0.2, -0.15) is 0 Å². The van der Waals surface area contributed by atoms with Crippen molar-refractivity contribution in [2.75, 3.05) is 13.1 Å². The van der Waals surface area contributed by atoms with Crippen LogP contribution in [0.25, 0.3) is 0 Å². The van der Waals surface area contributed by atoms with Crippen molar-refractivity contribution in [3.63, 3.8) is 0 Å². The monoisotopic (exact) mass is 458 g/mol. The highest BCUT2D eigenvalue weighted by Crippen LogP contribution is 2.28. The summed E-state index contributed by atoms with van der Waals surface area (Å²) in [5, 5.41) is 3.04. The quantitative estimate of drug-likeness (QED) is 0.634. The number of nitrogens with one attached hydrogen (secondary N) is 1. The third kappa shape index (κ3) is 4.75. The second kappa shape index (κ2) is 9.81. The summed E-state index contributed by atoms with van der Waals surface area (Å²) in [5.74, 6) is -0.0817. The van der Waals surface area contributed by atoms with Crippen LogP contribution in [0.1, 0.15) is 51.8 Å². The van der Waals surface area contributed by atoms with Crippen LogP contribution in [0.15, 0.2) is 60.9 Å². The summed E-state index contributed by atoms with van der Waals surface area (Å²) in [6.45, 7) is 4.69. The Morgan fingerprint density at radius 3 is 2.53 bits per heavy atom. The van der Waals surface area contributed by atoms with E-state index in [0.29, 0.717) is 51.3 Å². The van der Waals surface area contributed by atoms with Crippen molar-refractivity contribution in [1.29, 1.82) is 0 Å².